The summed E-state index contributed by atoms with van der Waals surface area (Å²) in [4.78, 5) is 18.9. The van der Waals surface area contributed by atoms with Crippen LogP contribution < -0.4 is 0 Å². The molecule has 0 saturated carbocycles. The van der Waals surface area contributed by atoms with Crippen molar-refractivity contribution in [1.82, 2.24) is 18.8 Å². The number of nitrogens with zero attached hydrogens (tertiary/aromatic N) is 4. The highest BCUT2D eigenvalue weighted by atomic mass is 32.2. The summed E-state index contributed by atoms with van der Waals surface area (Å²) in [6, 6.07) is 7.17. The molecule has 9 heteroatoms. The van der Waals surface area contributed by atoms with E-state index in [4.69, 9.17) is 0 Å². The number of aromatic nitrogens is 2. The first-order valence-corrected chi connectivity index (χ1v) is 10.3. The van der Waals surface area contributed by atoms with Gasteiger partial charge in [-0.2, -0.15) is 0 Å². The Hall–Kier alpha value is -2.23. The monoisotopic (exact) mass is 392 g/mol. The average Bonchev–Trinajstić information content (AvgIpc) is 3.20. The summed E-state index contributed by atoms with van der Waals surface area (Å²) in [6.07, 6.45) is 2.60. The zero-order valence-electron chi connectivity index (χ0n) is 15.6. The lowest BCUT2D eigenvalue weighted by atomic mass is 10.1. The molecular formula is C18H24N4O4S. The van der Waals surface area contributed by atoms with Crippen LogP contribution in [0.15, 0.2) is 36.7 Å². The highest BCUT2D eigenvalue weighted by molar-refractivity contribution is 7.89. The maximum Gasteiger partial charge on any atom is 0.254 e. The van der Waals surface area contributed by atoms with E-state index < -0.39 is 22.0 Å². The molecule has 1 fully saturated rings. The van der Waals surface area contributed by atoms with Crippen LogP contribution >= 0.6 is 0 Å². The van der Waals surface area contributed by atoms with Crippen LogP contribution in [0.4, 0.5) is 0 Å². The van der Waals surface area contributed by atoms with Gasteiger partial charge in [-0.3, -0.25) is 4.79 Å². The molecule has 3 rings (SSSR count). The molecule has 27 heavy (non-hydrogen) atoms. The van der Waals surface area contributed by atoms with E-state index in [0.29, 0.717) is 17.0 Å². The fourth-order valence-corrected chi connectivity index (χ4v) is 4.43. The van der Waals surface area contributed by atoms with Crippen molar-refractivity contribution in [1.29, 1.82) is 0 Å². The van der Waals surface area contributed by atoms with Crippen molar-refractivity contribution in [2.75, 3.05) is 32.9 Å². The second-order valence-electron chi connectivity index (χ2n) is 7.01. The van der Waals surface area contributed by atoms with E-state index in [2.05, 4.69) is 4.98 Å². The van der Waals surface area contributed by atoms with Gasteiger partial charge in [-0.1, -0.05) is 18.2 Å². The van der Waals surface area contributed by atoms with Crippen molar-refractivity contribution < 1.29 is 18.3 Å². The molecule has 146 valence electrons. The minimum atomic E-state index is -3.46. The number of aliphatic hydroxyl groups is 1. The van der Waals surface area contributed by atoms with Gasteiger partial charge in [-0.15, -0.1) is 0 Å². The number of imidazole rings is 1. The number of sulfonamides is 1. The van der Waals surface area contributed by atoms with Gasteiger partial charge in [-0.25, -0.2) is 17.7 Å². The van der Waals surface area contributed by atoms with Gasteiger partial charge in [0.05, 0.1) is 17.4 Å². The van der Waals surface area contributed by atoms with Crippen LogP contribution in [0.25, 0.3) is 11.4 Å². The molecule has 1 aromatic heterocycles. The van der Waals surface area contributed by atoms with Gasteiger partial charge in [0.2, 0.25) is 10.0 Å². The summed E-state index contributed by atoms with van der Waals surface area (Å²) in [5.41, 5.74) is 1.18. The Labute approximate surface area is 159 Å². The molecule has 0 spiro atoms. The maximum absolute atomic E-state index is 13.1. The molecule has 2 heterocycles. The average molecular weight is 392 g/mol. The first-order chi connectivity index (χ1) is 12.7. The topological polar surface area (TPSA) is 95.7 Å². The van der Waals surface area contributed by atoms with Crippen LogP contribution in [0.1, 0.15) is 10.4 Å². The van der Waals surface area contributed by atoms with Crippen molar-refractivity contribution in [2.24, 2.45) is 13.0 Å². The molecule has 2 aromatic rings. The first-order valence-electron chi connectivity index (χ1n) is 8.65. The molecule has 8 nitrogen and oxygen atoms in total. The number of carbonyl (C=O) groups is 1. The molecule has 2 atom stereocenters. The van der Waals surface area contributed by atoms with Crippen LogP contribution in [0.2, 0.25) is 0 Å². The number of likely N-dealkylation sites (tertiary alicyclic amines) is 1. The third-order valence-electron chi connectivity index (χ3n) is 4.89. The molecule has 1 aromatic carbocycles. The SMILES string of the molecule is CN(C)S(=O)(=O)C[C@@H]1CN(C(=O)c2ccccc2-c2nccn2C)C[C@@H]1O. The first kappa shape index (κ1) is 19.5. The van der Waals surface area contributed by atoms with E-state index in [1.807, 2.05) is 23.7 Å². The molecule has 1 amide bonds. The Morgan fingerprint density at radius 2 is 2.00 bits per heavy atom. The molecule has 0 bridgehead atoms. The van der Waals surface area contributed by atoms with Gasteiger partial charge in [0.15, 0.2) is 0 Å². The lowest BCUT2D eigenvalue weighted by Gasteiger charge is -2.19. The zero-order valence-corrected chi connectivity index (χ0v) is 16.4. The van der Waals surface area contributed by atoms with Gasteiger partial charge in [0.1, 0.15) is 5.82 Å². The smallest absolute Gasteiger partial charge is 0.254 e. The molecule has 1 N–H and O–H groups in total. The van der Waals surface area contributed by atoms with E-state index in [-0.39, 0.29) is 24.7 Å². The Balaban J connectivity index is 1.83. The quantitative estimate of drug-likeness (QED) is 0.795. The van der Waals surface area contributed by atoms with Crippen molar-refractivity contribution in [3.63, 3.8) is 0 Å². The van der Waals surface area contributed by atoms with E-state index >= 15 is 0 Å². The number of aliphatic hydroxyl groups excluding tert-OH is 1. The lowest BCUT2D eigenvalue weighted by molar-refractivity contribution is 0.0765. The van der Waals surface area contributed by atoms with Gasteiger partial charge in [0.25, 0.3) is 5.91 Å². The summed E-state index contributed by atoms with van der Waals surface area (Å²) in [5, 5.41) is 10.3. The Bertz CT molecular complexity index is 938. The maximum atomic E-state index is 13.1. The minimum absolute atomic E-state index is 0.112. The fraction of sp³-hybridized carbons (Fsp3) is 0.444. The molecule has 1 saturated heterocycles. The van der Waals surface area contributed by atoms with Gasteiger partial charge >= 0.3 is 0 Å². The number of hydrogen-bond acceptors (Lipinski definition) is 5. The van der Waals surface area contributed by atoms with Crippen LogP contribution in [0.5, 0.6) is 0 Å². The van der Waals surface area contributed by atoms with Crippen molar-refractivity contribution in [2.45, 2.75) is 6.10 Å². The molecule has 0 aliphatic carbocycles. The standard InChI is InChI=1S/C18H24N4O4S/c1-20(2)27(25,26)12-13-10-22(11-16(13)23)18(24)15-7-5-4-6-14(15)17-19-8-9-21(17)3/h4-9,13,16,23H,10-12H2,1-3H3/t13-,16-/m0/s1. The number of benzene rings is 1. The Morgan fingerprint density at radius 1 is 1.30 bits per heavy atom. The highest BCUT2D eigenvalue weighted by Crippen LogP contribution is 2.26. The molecule has 0 radical (unpaired) electrons. The zero-order chi connectivity index (χ0) is 19.8. The van der Waals surface area contributed by atoms with Crippen molar-refractivity contribution in [3.8, 4) is 11.4 Å². The molecule has 1 aliphatic heterocycles. The van der Waals surface area contributed by atoms with E-state index in [1.165, 1.54) is 19.0 Å². The minimum Gasteiger partial charge on any atom is -0.391 e. The molecular weight excluding hydrogens is 368 g/mol. The third kappa shape index (κ3) is 3.90. The number of carbonyl (C=O) groups excluding carboxylic acids is 1. The van der Waals surface area contributed by atoms with Crippen LogP contribution in [-0.4, -0.2) is 77.2 Å². The number of amides is 1. The van der Waals surface area contributed by atoms with Gasteiger partial charge in [-0.05, 0) is 6.07 Å². The number of aryl methyl sites for hydroxylation is 1. The summed E-state index contributed by atoms with van der Waals surface area (Å²) in [7, 11) is 1.32. The van der Waals surface area contributed by atoms with Crippen molar-refractivity contribution >= 4 is 15.9 Å². The number of rotatable bonds is 5. The summed E-state index contributed by atoms with van der Waals surface area (Å²) >= 11 is 0. The van der Waals surface area contributed by atoms with Crippen LogP contribution in [0.3, 0.4) is 0 Å². The van der Waals surface area contributed by atoms with Crippen LogP contribution in [0, 0.1) is 5.92 Å². The van der Waals surface area contributed by atoms with Gasteiger partial charge in [0, 0.05) is 58.1 Å². The van der Waals surface area contributed by atoms with Crippen molar-refractivity contribution in [3.05, 3.63) is 42.2 Å². The number of β-amino-alcohol motifs (C(OH)–C–C–N with tert-alkyl or cyclic N) is 1. The van der Waals surface area contributed by atoms with Gasteiger partial charge < -0.3 is 14.6 Å². The highest BCUT2D eigenvalue weighted by Gasteiger charge is 2.38. The summed E-state index contributed by atoms with van der Waals surface area (Å²) < 4.78 is 27.2. The fourth-order valence-electron chi connectivity index (χ4n) is 3.26. The Kier molecular flexibility index (Phi) is 5.36. The normalized spacial score (nSPS) is 20.4. The van der Waals surface area contributed by atoms with Crippen LogP contribution in [-0.2, 0) is 17.1 Å². The second-order valence-corrected chi connectivity index (χ2v) is 9.23. The third-order valence-corrected chi connectivity index (χ3v) is 6.86. The molecule has 0 unspecified atom stereocenters. The lowest BCUT2D eigenvalue weighted by Crippen LogP contribution is -2.33. The second kappa shape index (κ2) is 7.41. The predicted molar refractivity (Wildman–Crippen MR) is 102 cm³/mol. The van der Waals surface area contributed by atoms with E-state index in [0.717, 1.165) is 4.31 Å². The number of hydrogen-bond donors (Lipinski definition) is 1. The summed E-state index contributed by atoms with van der Waals surface area (Å²) in [5.74, 6) is -0.268. The largest absolute Gasteiger partial charge is 0.391 e. The van der Waals surface area contributed by atoms with E-state index in [9.17, 15) is 18.3 Å². The Morgan fingerprint density at radius 3 is 2.63 bits per heavy atom. The summed E-state index contributed by atoms with van der Waals surface area (Å²) in [6.45, 7) is 0.309. The molecule has 1 aliphatic rings. The van der Waals surface area contributed by atoms with E-state index in [1.54, 1.807) is 24.5 Å². The predicted octanol–water partition coefficient (Wildman–Crippen LogP) is 0.411.